The van der Waals surface area contributed by atoms with Crippen molar-refractivity contribution in [2.75, 3.05) is 5.88 Å². The summed E-state index contributed by atoms with van der Waals surface area (Å²) in [4.78, 5) is 11.1. The first kappa shape index (κ1) is 11.4. The standard InChI is InChI=1S/C9H4ClFINO/c10-3-8(14)5-1-6(4-13)9(12)7(11)2-5/h1-2H,3H2. The van der Waals surface area contributed by atoms with Crippen molar-refractivity contribution in [2.24, 2.45) is 0 Å². The molecule has 0 saturated heterocycles. The number of benzene rings is 1. The molecule has 2 nitrogen and oxygen atoms in total. The number of nitrogens with zero attached hydrogens (tertiary/aromatic N) is 1. The van der Waals surface area contributed by atoms with Crippen molar-refractivity contribution in [3.05, 3.63) is 32.6 Å². The lowest BCUT2D eigenvalue weighted by molar-refractivity contribution is 0.102. The van der Waals surface area contributed by atoms with Crippen molar-refractivity contribution in [2.45, 2.75) is 0 Å². The number of rotatable bonds is 2. The summed E-state index contributed by atoms with van der Waals surface area (Å²) in [6.07, 6.45) is 0. The van der Waals surface area contributed by atoms with E-state index in [2.05, 4.69) is 0 Å². The van der Waals surface area contributed by atoms with Gasteiger partial charge in [-0.15, -0.1) is 11.6 Å². The minimum absolute atomic E-state index is 0.134. The average molecular weight is 323 g/mol. The van der Waals surface area contributed by atoms with Crippen LogP contribution in [0.2, 0.25) is 0 Å². The Balaban J connectivity index is 3.32. The molecule has 0 saturated carbocycles. The number of hydrogen-bond acceptors (Lipinski definition) is 2. The van der Waals surface area contributed by atoms with Crippen LogP contribution in [0.4, 0.5) is 4.39 Å². The number of carbonyl (C=O) groups is 1. The van der Waals surface area contributed by atoms with Gasteiger partial charge in [0.15, 0.2) is 5.78 Å². The van der Waals surface area contributed by atoms with E-state index in [-0.39, 0.29) is 20.6 Å². The molecule has 0 atom stereocenters. The lowest BCUT2D eigenvalue weighted by atomic mass is 10.1. The van der Waals surface area contributed by atoms with Crippen molar-refractivity contribution in [3.63, 3.8) is 0 Å². The van der Waals surface area contributed by atoms with E-state index < -0.39 is 11.6 Å². The number of nitriles is 1. The Labute approximate surface area is 98.8 Å². The molecule has 0 spiro atoms. The maximum absolute atomic E-state index is 13.2. The molecule has 1 rings (SSSR count). The highest BCUT2D eigenvalue weighted by Gasteiger charge is 2.12. The van der Waals surface area contributed by atoms with Crippen LogP contribution in [0.25, 0.3) is 0 Å². The number of carbonyl (C=O) groups excluding carboxylic acids is 1. The molecule has 72 valence electrons. The largest absolute Gasteiger partial charge is 0.293 e. The molecule has 0 aromatic heterocycles. The minimum Gasteiger partial charge on any atom is -0.293 e. The molecule has 0 aliphatic rings. The molecule has 0 amide bonds. The van der Waals surface area contributed by atoms with Crippen molar-refractivity contribution >= 4 is 40.0 Å². The zero-order valence-corrected chi connectivity index (χ0v) is 9.76. The first-order valence-electron chi connectivity index (χ1n) is 3.58. The second-order valence-corrected chi connectivity index (χ2v) is 3.83. The van der Waals surface area contributed by atoms with Gasteiger partial charge < -0.3 is 0 Å². The van der Waals surface area contributed by atoms with Gasteiger partial charge in [-0.3, -0.25) is 4.79 Å². The zero-order valence-electron chi connectivity index (χ0n) is 6.85. The van der Waals surface area contributed by atoms with Gasteiger partial charge in [-0.1, -0.05) is 0 Å². The third kappa shape index (κ3) is 2.22. The summed E-state index contributed by atoms with van der Waals surface area (Å²) in [6, 6.07) is 4.25. The third-order valence-corrected chi connectivity index (χ3v) is 2.93. The fourth-order valence-electron chi connectivity index (χ4n) is 0.909. The van der Waals surface area contributed by atoms with Gasteiger partial charge in [0.25, 0.3) is 0 Å². The van der Waals surface area contributed by atoms with Crippen molar-refractivity contribution in [1.29, 1.82) is 5.26 Å². The van der Waals surface area contributed by atoms with E-state index in [0.29, 0.717) is 0 Å². The lowest BCUT2D eigenvalue weighted by Gasteiger charge is -2.01. The molecule has 0 unspecified atom stereocenters. The lowest BCUT2D eigenvalue weighted by Crippen LogP contribution is -2.03. The molecular formula is C9H4ClFINO. The first-order valence-corrected chi connectivity index (χ1v) is 5.19. The van der Waals surface area contributed by atoms with Crippen LogP contribution in [0.3, 0.4) is 0 Å². The number of Topliss-reactive ketones (excluding diaryl/α,β-unsaturated/α-hetero) is 1. The quantitative estimate of drug-likeness (QED) is 0.477. The number of hydrogen-bond donors (Lipinski definition) is 0. The third-order valence-electron chi connectivity index (χ3n) is 1.59. The predicted molar refractivity (Wildman–Crippen MR) is 58.9 cm³/mol. The Bertz CT molecular complexity index is 428. The van der Waals surface area contributed by atoms with Gasteiger partial charge in [-0.25, -0.2) is 4.39 Å². The summed E-state index contributed by atoms with van der Waals surface area (Å²) in [5, 5.41) is 8.66. The summed E-state index contributed by atoms with van der Waals surface area (Å²) in [6.45, 7) is 0. The molecule has 1 aromatic carbocycles. The molecule has 14 heavy (non-hydrogen) atoms. The smallest absolute Gasteiger partial charge is 0.177 e. The second-order valence-electron chi connectivity index (χ2n) is 2.49. The van der Waals surface area contributed by atoms with E-state index in [1.54, 1.807) is 22.6 Å². The molecule has 1 aromatic rings. The van der Waals surface area contributed by atoms with Gasteiger partial charge in [0, 0.05) is 5.56 Å². The molecule has 0 heterocycles. The van der Waals surface area contributed by atoms with E-state index in [4.69, 9.17) is 16.9 Å². The van der Waals surface area contributed by atoms with Crippen LogP contribution >= 0.6 is 34.2 Å². The van der Waals surface area contributed by atoms with E-state index in [1.807, 2.05) is 6.07 Å². The molecule has 0 aliphatic heterocycles. The first-order chi connectivity index (χ1) is 6.60. The van der Waals surface area contributed by atoms with Crippen LogP contribution in [0.1, 0.15) is 15.9 Å². The van der Waals surface area contributed by atoms with Gasteiger partial charge >= 0.3 is 0 Å². The zero-order chi connectivity index (χ0) is 10.7. The fraction of sp³-hybridized carbons (Fsp3) is 0.111. The Hall–Kier alpha value is -0.670. The van der Waals surface area contributed by atoms with Gasteiger partial charge in [0.05, 0.1) is 15.0 Å². The predicted octanol–water partition coefficient (Wildman–Crippen LogP) is 2.72. The highest BCUT2D eigenvalue weighted by molar-refractivity contribution is 14.1. The second kappa shape index (κ2) is 4.71. The Morgan fingerprint density at radius 2 is 2.29 bits per heavy atom. The summed E-state index contributed by atoms with van der Waals surface area (Å²) in [7, 11) is 0. The maximum atomic E-state index is 13.2. The number of alkyl halides is 1. The normalized spacial score (nSPS) is 9.57. The Kier molecular flexibility index (Phi) is 3.84. The van der Waals surface area contributed by atoms with Crippen LogP contribution in [0, 0.1) is 20.7 Å². The summed E-state index contributed by atoms with van der Waals surface area (Å²) < 4.78 is 13.4. The molecule has 0 bridgehead atoms. The topological polar surface area (TPSA) is 40.9 Å². The van der Waals surface area contributed by atoms with Crippen LogP contribution in [0.15, 0.2) is 12.1 Å². The molecule has 0 aliphatic carbocycles. The Morgan fingerprint density at radius 3 is 2.79 bits per heavy atom. The van der Waals surface area contributed by atoms with Gasteiger partial charge in [0.1, 0.15) is 11.9 Å². The van der Waals surface area contributed by atoms with E-state index in [0.717, 1.165) is 6.07 Å². The average Bonchev–Trinajstić information content (AvgIpc) is 2.20. The highest BCUT2D eigenvalue weighted by Crippen LogP contribution is 2.18. The van der Waals surface area contributed by atoms with E-state index in [1.165, 1.54) is 6.07 Å². The van der Waals surface area contributed by atoms with Gasteiger partial charge in [-0.2, -0.15) is 5.26 Å². The molecular weight excluding hydrogens is 319 g/mol. The number of halogens is 3. The Morgan fingerprint density at radius 1 is 1.64 bits per heavy atom. The van der Waals surface area contributed by atoms with Crippen molar-refractivity contribution in [1.82, 2.24) is 0 Å². The SMILES string of the molecule is N#Cc1cc(C(=O)CCl)cc(F)c1I. The molecule has 0 radical (unpaired) electrons. The minimum atomic E-state index is -0.571. The van der Waals surface area contributed by atoms with Crippen LogP contribution in [0.5, 0.6) is 0 Å². The number of ketones is 1. The van der Waals surface area contributed by atoms with E-state index >= 15 is 0 Å². The van der Waals surface area contributed by atoms with Gasteiger partial charge in [0.2, 0.25) is 0 Å². The van der Waals surface area contributed by atoms with Crippen LogP contribution in [-0.2, 0) is 0 Å². The van der Waals surface area contributed by atoms with Crippen molar-refractivity contribution in [3.8, 4) is 6.07 Å². The van der Waals surface area contributed by atoms with Gasteiger partial charge in [-0.05, 0) is 34.7 Å². The fourth-order valence-corrected chi connectivity index (χ4v) is 1.49. The summed E-state index contributed by atoms with van der Waals surface area (Å²) in [5.41, 5.74) is 0.286. The highest BCUT2D eigenvalue weighted by atomic mass is 127. The molecule has 5 heteroatoms. The summed E-state index contributed by atoms with van der Waals surface area (Å²) >= 11 is 7.03. The van der Waals surface area contributed by atoms with Crippen LogP contribution < -0.4 is 0 Å². The van der Waals surface area contributed by atoms with Crippen LogP contribution in [-0.4, -0.2) is 11.7 Å². The molecule has 0 fully saturated rings. The maximum Gasteiger partial charge on any atom is 0.177 e. The van der Waals surface area contributed by atoms with Crippen molar-refractivity contribution < 1.29 is 9.18 Å². The monoisotopic (exact) mass is 323 g/mol. The molecule has 0 N–H and O–H groups in total. The van der Waals surface area contributed by atoms with E-state index in [9.17, 15) is 9.18 Å². The summed E-state index contributed by atoms with van der Waals surface area (Å²) in [5.74, 6) is -1.18.